The monoisotopic (exact) mass is 217 g/mol. The van der Waals surface area contributed by atoms with E-state index in [0.717, 1.165) is 12.5 Å². The molecule has 2 nitrogen and oxygen atoms in total. The highest BCUT2D eigenvalue weighted by molar-refractivity contribution is 5.85. The largest absolute Gasteiger partial charge is 0.393 e. The third-order valence-corrected chi connectivity index (χ3v) is 4.78. The van der Waals surface area contributed by atoms with Crippen molar-refractivity contribution in [3.63, 3.8) is 0 Å². The number of aliphatic hydroxyl groups is 1. The van der Waals surface area contributed by atoms with E-state index in [0.29, 0.717) is 17.3 Å². The van der Waals surface area contributed by atoms with Crippen LogP contribution in [-0.4, -0.2) is 17.8 Å². The summed E-state index contributed by atoms with van der Waals surface area (Å²) in [6.45, 7) is 0.850. The zero-order valence-electron chi connectivity index (χ0n) is 8.48. The van der Waals surface area contributed by atoms with Gasteiger partial charge in [-0.25, -0.2) is 0 Å². The Morgan fingerprint density at radius 2 is 1.71 bits per heavy atom. The van der Waals surface area contributed by atoms with E-state index in [2.05, 4.69) is 0 Å². The van der Waals surface area contributed by atoms with E-state index in [9.17, 15) is 5.11 Å². The van der Waals surface area contributed by atoms with Gasteiger partial charge in [-0.1, -0.05) is 0 Å². The molecule has 0 spiro atoms. The summed E-state index contributed by atoms with van der Waals surface area (Å²) in [5.41, 5.74) is 6.33. The quantitative estimate of drug-likeness (QED) is 0.700. The highest BCUT2D eigenvalue weighted by atomic mass is 35.5. The molecular formula is C11H20ClNO. The number of hydrogen-bond donors (Lipinski definition) is 2. The van der Waals surface area contributed by atoms with E-state index in [-0.39, 0.29) is 18.5 Å². The SMILES string of the molecule is Cl.NCC12CC3CC(C1)C(O)C(C3)C2. The molecule has 0 aromatic rings. The number of rotatable bonds is 1. The van der Waals surface area contributed by atoms with Gasteiger partial charge in [0.05, 0.1) is 6.10 Å². The second-order valence-corrected chi connectivity index (χ2v) is 5.66. The van der Waals surface area contributed by atoms with Crippen molar-refractivity contribution in [1.82, 2.24) is 0 Å². The van der Waals surface area contributed by atoms with Crippen LogP contribution in [0.2, 0.25) is 0 Å². The second kappa shape index (κ2) is 3.36. The molecule has 0 aliphatic heterocycles. The molecule has 4 saturated carbocycles. The summed E-state index contributed by atoms with van der Waals surface area (Å²) in [5.74, 6) is 2.08. The van der Waals surface area contributed by atoms with E-state index in [1.165, 1.54) is 32.1 Å². The van der Waals surface area contributed by atoms with Crippen LogP contribution >= 0.6 is 12.4 Å². The fourth-order valence-corrected chi connectivity index (χ4v) is 4.42. The van der Waals surface area contributed by atoms with Crippen LogP contribution in [0.5, 0.6) is 0 Å². The van der Waals surface area contributed by atoms with Crippen molar-refractivity contribution in [1.29, 1.82) is 0 Å². The number of nitrogens with two attached hydrogens (primary N) is 1. The molecule has 0 aromatic heterocycles. The van der Waals surface area contributed by atoms with E-state index < -0.39 is 0 Å². The molecule has 3 heteroatoms. The average molecular weight is 218 g/mol. The van der Waals surface area contributed by atoms with Gasteiger partial charge in [0.15, 0.2) is 0 Å². The van der Waals surface area contributed by atoms with Gasteiger partial charge in [-0.05, 0) is 61.8 Å². The van der Waals surface area contributed by atoms with Crippen LogP contribution in [0, 0.1) is 23.2 Å². The maximum atomic E-state index is 10.00. The molecule has 82 valence electrons. The summed E-state index contributed by atoms with van der Waals surface area (Å²) in [5, 5.41) is 10.00. The molecule has 14 heavy (non-hydrogen) atoms. The van der Waals surface area contributed by atoms with Gasteiger partial charge in [-0.3, -0.25) is 0 Å². The molecule has 4 rings (SSSR count). The lowest BCUT2D eigenvalue weighted by atomic mass is 9.48. The van der Waals surface area contributed by atoms with Crippen molar-refractivity contribution in [2.24, 2.45) is 28.9 Å². The normalized spacial score (nSPS) is 54.4. The molecule has 0 radical (unpaired) electrons. The Hall–Kier alpha value is 0.210. The second-order valence-electron chi connectivity index (χ2n) is 5.66. The first-order valence-corrected chi connectivity index (χ1v) is 5.61. The Morgan fingerprint density at radius 3 is 2.21 bits per heavy atom. The maximum Gasteiger partial charge on any atom is 0.0597 e. The predicted octanol–water partition coefficient (Wildman–Crippen LogP) is 1.55. The van der Waals surface area contributed by atoms with E-state index in [4.69, 9.17) is 5.73 Å². The lowest BCUT2D eigenvalue weighted by Crippen LogP contribution is -2.55. The minimum atomic E-state index is 0. The summed E-state index contributed by atoms with van der Waals surface area (Å²) in [4.78, 5) is 0. The van der Waals surface area contributed by atoms with E-state index >= 15 is 0 Å². The summed E-state index contributed by atoms with van der Waals surface area (Å²) >= 11 is 0. The van der Waals surface area contributed by atoms with Crippen LogP contribution in [0.25, 0.3) is 0 Å². The molecule has 0 saturated heterocycles. The minimum absolute atomic E-state index is 0. The zero-order valence-corrected chi connectivity index (χ0v) is 9.30. The van der Waals surface area contributed by atoms with Gasteiger partial charge in [0.1, 0.15) is 0 Å². The average Bonchev–Trinajstić information content (AvgIpc) is 2.13. The van der Waals surface area contributed by atoms with Gasteiger partial charge >= 0.3 is 0 Å². The zero-order chi connectivity index (χ0) is 9.05. The molecule has 3 N–H and O–H groups in total. The minimum Gasteiger partial charge on any atom is -0.393 e. The highest BCUT2D eigenvalue weighted by Gasteiger charge is 2.54. The van der Waals surface area contributed by atoms with Gasteiger partial charge in [-0.2, -0.15) is 0 Å². The first-order chi connectivity index (χ1) is 6.22. The van der Waals surface area contributed by atoms with E-state index in [1.807, 2.05) is 0 Å². The number of halogens is 1. The molecule has 4 fully saturated rings. The molecule has 0 amide bonds. The Kier molecular flexibility index (Phi) is 2.57. The third-order valence-electron chi connectivity index (χ3n) is 4.78. The van der Waals surface area contributed by atoms with Crippen LogP contribution in [0.15, 0.2) is 0 Å². The van der Waals surface area contributed by atoms with Gasteiger partial charge in [-0.15, -0.1) is 12.4 Å². The van der Waals surface area contributed by atoms with Crippen LogP contribution in [0.3, 0.4) is 0 Å². The van der Waals surface area contributed by atoms with Gasteiger partial charge in [0.25, 0.3) is 0 Å². The molecule has 0 aromatic carbocycles. The highest BCUT2D eigenvalue weighted by Crippen LogP contribution is 2.59. The summed E-state index contributed by atoms with van der Waals surface area (Å²) in [6.07, 6.45) is 6.33. The molecule has 2 unspecified atom stereocenters. The van der Waals surface area contributed by atoms with Crippen molar-refractivity contribution >= 4 is 12.4 Å². The van der Waals surface area contributed by atoms with Crippen molar-refractivity contribution in [3.05, 3.63) is 0 Å². The Balaban J connectivity index is 0.000000750. The van der Waals surface area contributed by atoms with Crippen molar-refractivity contribution in [2.45, 2.75) is 38.2 Å². The first kappa shape index (κ1) is 10.7. The summed E-state index contributed by atoms with van der Waals surface area (Å²) in [6, 6.07) is 0. The molecular weight excluding hydrogens is 198 g/mol. The maximum absolute atomic E-state index is 10.00. The van der Waals surface area contributed by atoms with Crippen LogP contribution in [-0.2, 0) is 0 Å². The summed E-state index contributed by atoms with van der Waals surface area (Å²) < 4.78 is 0. The lowest BCUT2D eigenvalue weighted by molar-refractivity contribution is -0.130. The fraction of sp³-hybridized carbons (Fsp3) is 1.00. The fourth-order valence-electron chi connectivity index (χ4n) is 4.42. The molecule has 0 heterocycles. The molecule has 4 bridgehead atoms. The van der Waals surface area contributed by atoms with E-state index in [1.54, 1.807) is 0 Å². The van der Waals surface area contributed by atoms with Gasteiger partial charge in [0.2, 0.25) is 0 Å². The van der Waals surface area contributed by atoms with Crippen molar-refractivity contribution in [2.75, 3.05) is 6.54 Å². The number of hydrogen-bond acceptors (Lipinski definition) is 2. The standard InChI is InChI=1S/C11H19NO.ClH/c12-6-11-3-7-1-8(4-11)10(13)9(2-7)5-11;/h7-10,13H,1-6,12H2;1H. The van der Waals surface area contributed by atoms with Crippen LogP contribution in [0.4, 0.5) is 0 Å². The summed E-state index contributed by atoms with van der Waals surface area (Å²) in [7, 11) is 0. The topological polar surface area (TPSA) is 46.2 Å². The smallest absolute Gasteiger partial charge is 0.0597 e. The Morgan fingerprint density at radius 1 is 1.14 bits per heavy atom. The van der Waals surface area contributed by atoms with Crippen LogP contribution in [0.1, 0.15) is 32.1 Å². The third kappa shape index (κ3) is 1.31. The first-order valence-electron chi connectivity index (χ1n) is 5.61. The molecule has 4 aliphatic carbocycles. The van der Waals surface area contributed by atoms with Crippen LogP contribution < -0.4 is 5.73 Å². The van der Waals surface area contributed by atoms with Crippen molar-refractivity contribution in [3.8, 4) is 0 Å². The molecule has 4 aliphatic rings. The number of aliphatic hydroxyl groups excluding tert-OH is 1. The molecule has 2 atom stereocenters. The Bertz CT molecular complexity index is 217. The van der Waals surface area contributed by atoms with Gasteiger partial charge in [0, 0.05) is 0 Å². The lowest BCUT2D eigenvalue weighted by Gasteiger charge is -2.58. The van der Waals surface area contributed by atoms with Gasteiger partial charge < -0.3 is 10.8 Å². The Labute approximate surface area is 91.7 Å². The predicted molar refractivity (Wildman–Crippen MR) is 58.3 cm³/mol. The van der Waals surface area contributed by atoms with Crippen molar-refractivity contribution < 1.29 is 5.11 Å².